The molecular weight excluding hydrogens is 254 g/mol. The molecule has 0 aromatic carbocycles. The van der Waals surface area contributed by atoms with Gasteiger partial charge in [0, 0.05) is 32.6 Å². The van der Waals surface area contributed by atoms with Gasteiger partial charge in [0.05, 0.1) is 6.54 Å². The third kappa shape index (κ3) is 4.20. The Balaban J connectivity index is 1.72. The molecule has 0 aromatic heterocycles. The van der Waals surface area contributed by atoms with Crippen molar-refractivity contribution in [3.8, 4) is 0 Å². The molecule has 1 N–H and O–H groups in total. The fraction of sp³-hybridized carbons (Fsp3) is 0.867. The van der Waals surface area contributed by atoms with Gasteiger partial charge in [0.1, 0.15) is 0 Å². The molecule has 2 rings (SSSR count). The van der Waals surface area contributed by atoms with Crippen molar-refractivity contribution in [3.05, 3.63) is 0 Å². The molecule has 2 amide bonds. The molecule has 0 spiro atoms. The summed E-state index contributed by atoms with van der Waals surface area (Å²) in [7, 11) is 1.78. The smallest absolute Gasteiger partial charge is 0.236 e. The summed E-state index contributed by atoms with van der Waals surface area (Å²) in [6, 6.07) is 0. The quantitative estimate of drug-likeness (QED) is 0.831. The fourth-order valence-electron chi connectivity index (χ4n) is 3.24. The highest BCUT2D eigenvalue weighted by Crippen LogP contribution is 2.26. The molecule has 1 saturated carbocycles. The predicted octanol–water partition coefficient (Wildman–Crippen LogP) is 0.847. The van der Waals surface area contributed by atoms with Gasteiger partial charge in [-0.15, -0.1) is 0 Å². The summed E-state index contributed by atoms with van der Waals surface area (Å²) in [5.41, 5.74) is 0. The van der Waals surface area contributed by atoms with Crippen LogP contribution < -0.4 is 5.32 Å². The highest BCUT2D eigenvalue weighted by atomic mass is 16.2. The first-order valence-corrected chi connectivity index (χ1v) is 7.91. The Hall–Kier alpha value is -1.10. The van der Waals surface area contributed by atoms with Crippen LogP contribution in [-0.4, -0.2) is 61.4 Å². The van der Waals surface area contributed by atoms with Crippen molar-refractivity contribution < 1.29 is 9.59 Å². The zero-order valence-corrected chi connectivity index (χ0v) is 12.6. The minimum Gasteiger partial charge on any atom is -0.339 e. The van der Waals surface area contributed by atoms with Crippen molar-refractivity contribution >= 4 is 11.8 Å². The molecule has 0 atom stereocenters. The average molecular weight is 281 g/mol. The number of amides is 2. The van der Waals surface area contributed by atoms with E-state index in [0.717, 1.165) is 0 Å². The van der Waals surface area contributed by atoms with Crippen LogP contribution in [0.5, 0.6) is 0 Å². The van der Waals surface area contributed by atoms with Gasteiger partial charge in [0.15, 0.2) is 0 Å². The van der Waals surface area contributed by atoms with Crippen LogP contribution >= 0.6 is 0 Å². The van der Waals surface area contributed by atoms with Crippen LogP contribution in [0.15, 0.2) is 0 Å². The highest BCUT2D eigenvalue weighted by molar-refractivity contribution is 5.79. The topological polar surface area (TPSA) is 52.7 Å². The van der Waals surface area contributed by atoms with E-state index in [-0.39, 0.29) is 11.8 Å². The molecule has 1 heterocycles. The molecule has 0 aromatic rings. The number of rotatable bonds is 4. The number of carbonyl (C=O) groups excluding carboxylic acids is 2. The number of carbonyl (C=O) groups is 2. The monoisotopic (exact) mass is 281 g/mol. The van der Waals surface area contributed by atoms with E-state index >= 15 is 0 Å². The molecule has 2 aliphatic rings. The van der Waals surface area contributed by atoms with Crippen molar-refractivity contribution in [2.45, 2.75) is 38.5 Å². The summed E-state index contributed by atoms with van der Waals surface area (Å²) in [6.07, 6.45) is 7.04. The van der Waals surface area contributed by atoms with Crippen LogP contribution in [0, 0.1) is 5.92 Å². The van der Waals surface area contributed by atoms with E-state index in [4.69, 9.17) is 0 Å². The Kier molecular flexibility index (Phi) is 5.83. The van der Waals surface area contributed by atoms with Crippen LogP contribution in [0.2, 0.25) is 0 Å². The van der Waals surface area contributed by atoms with Gasteiger partial charge in [0.25, 0.3) is 0 Å². The number of piperazine rings is 1. The zero-order valence-electron chi connectivity index (χ0n) is 12.6. The molecule has 114 valence electrons. The Bertz CT molecular complexity index is 332. The summed E-state index contributed by atoms with van der Waals surface area (Å²) in [5.74, 6) is 1.02. The van der Waals surface area contributed by atoms with E-state index in [1.807, 2.05) is 9.80 Å². The molecule has 5 heteroatoms. The van der Waals surface area contributed by atoms with Crippen LogP contribution in [0.4, 0.5) is 0 Å². The Morgan fingerprint density at radius 1 is 0.950 bits per heavy atom. The van der Waals surface area contributed by atoms with Gasteiger partial charge < -0.3 is 15.1 Å². The van der Waals surface area contributed by atoms with Gasteiger partial charge in [-0.3, -0.25) is 9.59 Å². The molecular formula is C15H27N3O2. The van der Waals surface area contributed by atoms with E-state index in [2.05, 4.69) is 5.32 Å². The van der Waals surface area contributed by atoms with Crippen molar-refractivity contribution in [2.24, 2.45) is 5.92 Å². The second-order valence-electron chi connectivity index (χ2n) is 6.00. The lowest BCUT2D eigenvalue weighted by Gasteiger charge is -2.35. The molecule has 0 unspecified atom stereocenters. The number of nitrogens with zero attached hydrogens (tertiary/aromatic N) is 2. The van der Waals surface area contributed by atoms with E-state index in [9.17, 15) is 9.59 Å². The lowest BCUT2D eigenvalue weighted by Crippen LogP contribution is -2.52. The van der Waals surface area contributed by atoms with Crippen LogP contribution in [0.25, 0.3) is 0 Å². The van der Waals surface area contributed by atoms with Gasteiger partial charge in [-0.2, -0.15) is 0 Å². The first-order valence-electron chi connectivity index (χ1n) is 7.91. The molecule has 5 nitrogen and oxygen atoms in total. The highest BCUT2D eigenvalue weighted by Gasteiger charge is 2.25. The lowest BCUT2D eigenvalue weighted by molar-refractivity contribution is -0.139. The molecule has 1 saturated heterocycles. The lowest BCUT2D eigenvalue weighted by atomic mass is 9.86. The van der Waals surface area contributed by atoms with Crippen molar-refractivity contribution in [1.82, 2.24) is 15.1 Å². The largest absolute Gasteiger partial charge is 0.339 e. The maximum absolute atomic E-state index is 12.3. The van der Waals surface area contributed by atoms with E-state index < -0.39 is 0 Å². The normalized spacial score (nSPS) is 21.1. The van der Waals surface area contributed by atoms with E-state index in [1.165, 1.54) is 32.1 Å². The Morgan fingerprint density at radius 2 is 1.50 bits per heavy atom. The average Bonchev–Trinajstić information content (AvgIpc) is 2.48. The molecule has 1 aliphatic heterocycles. The second-order valence-corrected chi connectivity index (χ2v) is 6.00. The molecule has 0 bridgehead atoms. The molecule has 0 radical (unpaired) electrons. The summed E-state index contributed by atoms with van der Waals surface area (Å²) in [4.78, 5) is 27.8. The molecule has 20 heavy (non-hydrogen) atoms. The minimum atomic E-state index is 0.131. The van der Waals surface area contributed by atoms with Crippen molar-refractivity contribution in [1.29, 1.82) is 0 Å². The number of hydrogen-bond acceptors (Lipinski definition) is 3. The van der Waals surface area contributed by atoms with Crippen LogP contribution in [0.3, 0.4) is 0 Å². The standard InChI is InChI=1S/C15H27N3O2/c1-16-12-15(20)18-9-7-17(8-10-18)14(19)11-13-5-3-2-4-6-13/h13,16H,2-12H2,1H3. The third-order valence-electron chi connectivity index (χ3n) is 4.50. The Labute approximate surface area is 121 Å². The summed E-state index contributed by atoms with van der Waals surface area (Å²) in [6.45, 7) is 3.13. The van der Waals surface area contributed by atoms with Gasteiger partial charge in [-0.1, -0.05) is 19.3 Å². The summed E-state index contributed by atoms with van der Waals surface area (Å²) < 4.78 is 0. The van der Waals surface area contributed by atoms with Gasteiger partial charge >= 0.3 is 0 Å². The summed E-state index contributed by atoms with van der Waals surface area (Å²) in [5, 5.41) is 2.88. The first kappa shape index (κ1) is 15.3. The van der Waals surface area contributed by atoms with Crippen LogP contribution in [-0.2, 0) is 9.59 Å². The minimum absolute atomic E-state index is 0.131. The number of hydrogen-bond donors (Lipinski definition) is 1. The number of nitrogens with one attached hydrogen (secondary N) is 1. The van der Waals surface area contributed by atoms with Crippen molar-refractivity contribution in [3.63, 3.8) is 0 Å². The maximum atomic E-state index is 12.3. The Morgan fingerprint density at radius 3 is 2.05 bits per heavy atom. The van der Waals surface area contributed by atoms with E-state index in [1.54, 1.807) is 7.05 Å². The second kappa shape index (κ2) is 7.62. The van der Waals surface area contributed by atoms with Crippen LogP contribution in [0.1, 0.15) is 38.5 Å². The van der Waals surface area contributed by atoms with Crippen molar-refractivity contribution in [2.75, 3.05) is 39.8 Å². The maximum Gasteiger partial charge on any atom is 0.236 e. The number of likely N-dealkylation sites (N-methyl/N-ethyl adjacent to an activating group) is 1. The van der Waals surface area contributed by atoms with Gasteiger partial charge in [-0.05, 0) is 25.8 Å². The van der Waals surface area contributed by atoms with E-state index in [0.29, 0.717) is 45.1 Å². The predicted molar refractivity (Wildman–Crippen MR) is 78.3 cm³/mol. The fourth-order valence-corrected chi connectivity index (χ4v) is 3.24. The van der Waals surface area contributed by atoms with Gasteiger partial charge in [-0.25, -0.2) is 0 Å². The van der Waals surface area contributed by atoms with Gasteiger partial charge in [0.2, 0.25) is 11.8 Å². The molecule has 1 aliphatic carbocycles. The first-order chi connectivity index (χ1) is 9.70. The SMILES string of the molecule is CNCC(=O)N1CCN(C(=O)CC2CCCCC2)CC1. The zero-order chi connectivity index (χ0) is 14.4. The summed E-state index contributed by atoms with van der Waals surface area (Å²) >= 11 is 0. The molecule has 2 fully saturated rings. The third-order valence-corrected chi connectivity index (χ3v) is 4.50.